The molecule has 2 rings (SSSR count). The summed E-state index contributed by atoms with van der Waals surface area (Å²) in [4.78, 5) is 15.2. The second-order valence-corrected chi connectivity index (χ2v) is 8.41. The van der Waals surface area contributed by atoms with Crippen LogP contribution >= 0.6 is 0 Å². The predicted octanol–water partition coefficient (Wildman–Crippen LogP) is 4.76. The van der Waals surface area contributed by atoms with Crippen molar-refractivity contribution in [3.8, 4) is 0 Å². The minimum Gasteiger partial charge on any atom is -0.460 e. The lowest BCUT2D eigenvalue weighted by molar-refractivity contribution is -0.167. The summed E-state index contributed by atoms with van der Waals surface area (Å²) in [5.41, 5.74) is 1.26. The van der Waals surface area contributed by atoms with E-state index in [-0.39, 0.29) is 18.1 Å². The average molecular weight is 384 g/mol. The molecular formula is C24H33NO3. The molecule has 0 unspecified atom stereocenters. The van der Waals surface area contributed by atoms with Gasteiger partial charge in [0.25, 0.3) is 0 Å². The molecule has 4 heteroatoms. The Morgan fingerprint density at radius 3 is 1.86 bits per heavy atom. The van der Waals surface area contributed by atoms with Crippen LogP contribution in [0.25, 0.3) is 0 Å². The third-order valence-electron chi connectivity index (χ3n) is 5.22. The molecule has 0 aliphatic heterocycles. The number of ether oxygens (including phenoxy) is 1. The Labute approximate surface area is 169 Å². The van der Waals surface area contributed by atoms with Crippen molar-refractivity contribution in [2.45, 2.75) is 58.4 Å². The fourth-order valence-corrected chi connectivity index (χ4v) is 3.39. The van der Waals surface area contributed by atoms with Crippen LogP contribution in [0.15, 0.2) is 60.7 Å². The third-order valence-corrected chi connectivity index (χ3v) is 5.22. The first kappa shape index (κ1) is 22.1. The van der Waals surface area contributed by atoms with Gasteiger partial charge in [-0.2, -0.15) is 0 Å². The average Bonchev–Trinajstić information content (AvgIpc) is 2.66. The van der Waals surface area contributed by atoms with Crippen LogP contribution in [-0.4, -0.2) is 34.7 Å². The first-order chi connectivity index (χ1) is 13.1. The number of carbonyl (C=O) groups is 1. The van der Waals surface area contributed by atoms with Gasteiger partial charge in [0.1, 0.15) is 11.5 Å². The van der Waals surface area contributed by atoms with Crippen molar-refractivity contribution in [2.24, 2.45) is 5.92 Å². The highest BCUT2D eigenvalue weighted by atomic mass is 16.6. The molecule has 1 N–H and O–H groups in total. The summed E-state index contributed by atoms with van der Waals surface area (Å²) < 4.78 is 5.67. The van der Waals surface area contributed by atoms with Gasteiger partial charge < -0.3 is 9.84 Å². The van der Waals surface area contributed by atoms with Crippen molar-refractivity contribution in [1.82, 2.24) is 4.90 Å². The van der Waals surface area contributed by atoms with Gasteiger partial charge in [0, 0.05) is 12.1 Å². The van der Waals surface area contributed by atoms with E-state index in [4.69, 9.17) is 4.74 Å². The number of carbonyl (C=O) groups excluding carboxylic acids is 1. The lowest BCUT2D eigenvalue weighted by atomic mass is 9.88. The van der Waals surface area contributed by atoms with E-state index >= 15 is 0 Å². The Hall–Kier alpha value is -2.17. The standard InChI is InChI=1S/C24H33NO3/c1-17(19-13-9-7-10-14-19)25(6)18(2)21(23(27)28-24(3,4)5)22(26)20-15-11-8-12-16-20/h7-18,21-22,26H,1-6H3/t17-,18-,21+,22-/m1/s1. The number of hydrogen-bond donors (Lipinski definition) is 1. The number of aliphatic hydroxyl groups is 1. The van der Waals surface area contributed by atoms with Crippen molar-refractivity contribution < 1.29 is 14.6 Å². The maximum Gasteiger partial charge on any atom is 0.314 e. The first-order valence-electron chi connectivity index (χ1n) is 9.84. The predicted molar refractivity (Wildman–Crippen MR) is 113 cm³/mol. The van der Waals surface area contributed by atoms with Crippen molar-refractivity contribution in [2.75, 3.05) is 7.05 Å². The maximum atomic E-state index is 13.1. The van der Waals surface area contributed by atoms with Crippen LogP contribution in [0.1, 0.15) is 57.9 Å². The fraction of sp³-hybridized carbons (Fsp3) is 0.458. The monoisotopic (exact) mass is 383 g/mol. The molecule has 2 aromatic carbocycles. The largest absolute Gasteiger partial charge is 0.460 e. The quantitative estimate of drug-likeness (QED) is 0.701. The summed E-state index contributed by atoms with van der Waals surface area (Å²) in [6, 6.07) is 19.3. The summed E-state index contributed by atoms with van der Waals surface area (Å²) in [5, 5.41) is 11.1. The zero-order valence-electron chi connectivity index (χ0n) is 17.8. The molecule has 0 aromatic heterocycles. The van der Waals surface area contributed by atoms with Crippen LogP contribution in [0.3, 0.4) is 0 Å². The van der Waals surface area contributed by atoms with Crippen molar-refractivity contribution in [3.05, 3.63) is 71.8 Å². The minimum atomic E-state index is -0.948. The third kappa shape index (κ3) is 5.66. The Kier molecular flexibility index (Phi) is 7.39. The highest BCUT2D eigenvalue weighted by Crippen LogP contribution is 2.32. The SMILES string of the molecule is C[C@H](c1ccccc1)N(C)[C@H](C)[C@H](C(=O)OC(C)(C)C)[C@H](O)c1ccccc1. The Morgan fingerprint density at radius 1 is 0.929 bits per heavy atom. The van der Waals surface area contributed by atoms with Crippen LogP contribution < -0.4 is 0 Å². The summed E-state index contributed by atoms with van der Waals surface area (Å²) in [7, 11) is 1.98. The van der Waals surface area contributed by atoms with Crippen LogP contribution in [-0.2, 0) is 9.53 Å². The molecule has 0 spiro atoms. The Morgan fingerprint density at radius 2 is 1.39 bits per heavy atom. The molecule has 0 radical (unpaired) electrons. The van der Waals surface area contributed by atoms with Gasteiger partial charge in [0.2, 0.25) is 0 Å². The molecule has 0 aliphatic carbocycles. The Balaban J connectivity index is 2.32. The van der Waals surface area contributed by atoms with Gasteiger partial charge in [-0.15, -0.1) is 0 Å². The van der Waals surface area contributed by atoms with E-state index < -0.39 is 17.6 Å². The zero-order valence-corrected chi connectivity index (χ0v) is 17.8. The molecule has 0 heterocycles. The smallest absolute Gasteiger partial charge is 0.314 e. The normalized spacial score (nSPS) is 16.3. The van der Waals surface area contributed by atoms with Crippen molar-refractivity contribution in [3.63, 3.8) is 0 Å². The van der Waals surface area contributed by atoms with E-state index in [1.807, 2.05) is 83.3 Å². The molecular weight excluding hydrogens is 350 g/mol. The van der Waals surface area contributed by atoms with E-state index in [0.29, 0.717) is 5.56 Å². The number of hydrogen-bond acceptors (Lipinski definition) is 4. The second kappa shape index (κ2) is 9.35. The number of rotatable bonds is 7. The summed E-state index contributed by atoms with van der Waals surface area (Å²) in [5.74, 6) is -1.10. The second-order valence-electron chi connectivity index (χ2n) is 8.41. The summed E-state index contributed by atoms with van der Waals surface area (Å²) in [6.07, 6.45) is -0.948. The van der Waals surface area contributed by atoms with Crippen LogP contribution in [0.5, 0.6) is 0 Å². The highest BCUT2D eigenvalue weighted by Gasteiger charge is 2.39. The van der Waals surface area contributed by atoms with Gasteiger partial charge in [-0.1, -0.05) is 60.7 Å². The summed E-state index contributed by atoms with van der Waals surface area (Å²) in [6.45, 7) is 9.61. The summed E-state index contributed by atoms with van der Waals surface area (Å²) >= 11 is 0. The van der Waals surface area contributed by atoms with E-state index in [9.17, 15) is 9.90 Å². The van der Waals surface area contributed by atoms with E-state index in [0.717, 1.165) is 5.56 Å². The molecule has 28 heavy (non-hydrogen) atoms. The van der Waals surface area contributed by atoms with Crippen molar-refractivity contribution >= 4 is 5.97 Å². The van der Waals surface area contributed by atoms with Crippen LogP contribution in [0.2, 0.25) is 0 Å². The van der Waals surface area contributed by atoms with Crippen LogP contribution in [0, 0.1) is 5.92 Å². The lowest BCUT2D eigenvalue weighted by Crippen LogP contribution is -2.45. The van der Waals surface area contributed by atoms with Gasteiger partial charge in [-0.25, -0.2) is 0 Å². The number of nitrogens with zero attached hydrogens (tertiary/aromatic N) is 1. The van der Waals surface area contributed by atoms with Gasteiger partial charge in [0.15, 0.2) is 0 Å². The number of esters is 1. The minimum absolute atomic E-state index is 0.0871. The van der Waals surface area contributed by atoms with Gasteiger partial charge >= 0.3 is 5.97 Å². The Bertz CT molecular complexity index is 739. The number of benzene rings is 2. The van der Waals surface area contributed by atoms with Crippen LogP contribution in [0.4, 0.5) is 0 Å². The zero-order chi connectivity index (χ0) is 20.9. The molecule has 4 nitrogen and oxygen atoms in total. The molecule has 2 aromatic rings. The van der Waals surface area contributed by atoms with Gasteiger partial charge in [0.05, 0.1) is 6.10 Å². The fourth-order valence-electron chi connectivity index (χ4n) is 3.39. The van der Waals surface area contributed by atoms with E-state index in [2.05, 4.69) is 24.0 Å². The molecule has 0 amide bonds. The first-order valence-corrected chi connectivity index (χ1v) is 9.84. The topological polar surface area (TPSA) is 49.8 Å². The molecule has 152 valence electrons. The molecule has 0 saturated heterocycles. The number of aliphatic hydroxyl groups excluding tert-OH is 1. The molecule has 4 atom stereocenters. The molecule has 0 bridgehead atoms. The van der Waals surface area contributed by atoms with Crippen molar-refractivity contribution in [1.29, 1.82) is 0 Å². The van der Waals surface area contributed by atoms with Gasteiger partial charge in [-0.3, -0.25) is 9.69 Å². The maximum absolute atomic E-state index is 13.1. The van der Waals surface area contributed by atoms with Gasteiger partial charge in [-0.05, 0) is 52.8 Å². The highest BCUT2D eigenvalue weighted by molar-refractivity contribution is 5.74. The van der Waals surface area contributed by atoms with E-state index in [1.165, 1.54) is 0 Å². The molecule has 0 fully saturated rings. The van der Waals surface area contributed by atoms with E-state index in [1.54, 1.807) is 0 Å². The molecule has 0 saturated carbocycles. The molecule has 0 aliphatic rings. The lowest BCUT2D eigenvalue weighted by Gasteiger charge is -2.38.